The molecule has 1 aromatic rings. The molecule has 1 unspecified atom stereocenters. The summed E-state index contributed by atoms with van der Waals surface area (Å²) in [6.07, 6.45) is 9.01. The molecule has 2 nitrogen and oxygen atoms in total. The first-order chi connectivity index (χ1) is 9.60. The Morgan fingerprint density at radius 1 is 1.10 bits per heavy atom. The maximum absolute atomic E-state index is 10.7. The van der Waals surface area contributed by atoms with Gasteiger partial charge in [0.05, 0.1) is 5.60 Å². The van der Waals surface area contributed by atoms with E-state index < -0.39 is 5.60 Å². The highest BCUT2D eigenvalue weighted by molar-refractivity contribution is 5.28. The van der Waals surface area contributed by atoms with E-state index in [1.807, 2.05) is 19.1 Å². The molecule has 114 valence electrons. The first kappa shape index (κ1) is 17.2. The Hall–Kier alpha value is -0.860. The summed E-state index contributed by atoms with van der Waals surface area (Å²) >= 11 is 0. The molecule has 0 spiro atoms. The van der Waals surface area contributed by atoms with E-state index in [1.54, 1.807) is 0 Å². The Bertz CT molecular complexity index is 373. The lowest BCUT2D eigenvalue weighted by atomic mass is 9.88. The van der Waals surface area contributed by atoms with Crippen LogP contribution in [0.3, 0.4) is 0 Å². The van der Waals surface area contributed by atoms with Gasteiger partial charge in [0.1, 0.15) is 0 Å². The molecule has 0 aliphatic carbocycles. The average Bonchev–Trinajstić information content (AvgIpc) is 2.45. The number of hydrogen-bond donors (Lipinski definition) is 2. The van der Waals surface area contributed by atoms with Crippen molar-refractivity contribution >= 4 is 0 Å². The van der Waals surface area contributed by atoms with Gasteiger partial charge in [-0.2, -0.15) is 0 Å². The lowest BCUT2D eigenvalue weighted by Gasteiger charge is -2.24. The van der Waals surface area contributed by atoms with Gasteiger partial charge in [-0.25, -0.2) is 0 Å². The fourth-order valence-corrected chi connectivity index (χ4v) is 2.59. The van der Waals surface area contributed by atoms with Crippen LogP contribution in [-0.2, 0) is 12.0 Å². The molecule has 0 heterocycles. The molecule has 0 saturated heterocycles. The minimum Gasteiger partial charge on any atom is -0.385 e. The molecule has 20 heavy (non-hydrogen) atoms. The molecule has 0 radical (unpaired) electrons. The maximum Gasteiger partial charge on any atom is 0.0868 e. The van der Waals surface area contributed by atoms with Gasteiger partial charge in [-0.3, -0.25) is 0 Å². The first-order valence-corrected chi connectivity index (χ1v) is 8.12. The third-order valence-electron chi connectivity index (χ3n) is 3.99. The maximum atomic E-state index is 10.7. The van der Waals surface area contributed by atoms with Crippen LogP contribution in [0.5, 0.6) is 0 Å². The van der Waals surface area contributed by atoms with Crippen molar-refractivity contribution in [3.05, 3.63) is 35.4 Å². The normalized spacial score (nSPS) is 14.2. The number of aryl methyl sites for hydroxylation is 1. The van der Waals surface area contributed by atoms with Crippen LogP contribution in [0.1, 0.15) is 69.9 Å². The van der Waals surface area contributed by atoms with E-state index >= 15 is 0 Å². The Kier molecular flexibility index (Phi) is 7.86. The molecule has 1 aromatic carbocycles. The molecule has 0 fully saturated rings. The smallest absolute Gasteiger partial charge is 0.0868 e. The molecule has 0 aromatic heterocycles. The monoisotopic (exact) mass is 277 g/mol. The van der Waals surface area contributed by atoms with E-state index in [1.165, 1.54) is 31.2 Å². The summed E-state index contributed by atoms with van der Waals surface area (Å²) in [5.74, 6) is 0. The van der Waals surface area contributed by atoms with Crippen LogP contribution in [-0.4, -0.2) is 11.7 Å². The quantitative estimate of drug-likeness (QED) is 0.631. The van der Waals surface area contributed by atoms with E-state index in [-0.39, 0.29) is 0 Å². The lowest BCUT2D eigenvalue weighted by Crippen LogP contribution is -2.21. The van der Waals surface area contributed by atoms with Crippen molar-refractivity contribution in [3.63, 3.8) is 0 Å². The van der Waals surface area contributed by atoms with Crippen molar-refractivity contribution in [2.24, 2.45) is 5.73 Å². The topological polar surface area (TPSA) is 46.2 Å². The summed E-state index contributed by atoms with van der Waals surface area (Å²) in [6.45, 7) is 4.88. The van der Waals surface area contributed by atoms with Crippen LogP contribution >= 0.6 is 0 Å². The average molecular weight is 277 g/mol. The summed E-state index contributed by atoms with van der Waals surface area (Å²) in [4.78, 5) is 0. The van der Waals surface area contributed by atoms with Crippen molar-refractivity contribution in [2.45, 2.75) is 70.8 Å². The van der Waals surface area contributed by atoms with Gasteiger partial charge in [0.25, 0.3) is 0 Å². The van der Waals surface area contributed by atoms with Gasteiger partial charge in [0, 0.05) is 0 Å². The van der Waals surface area contributed by atoms with Gasteiger partial charge in [-0.05, 0) is 43.9 Å². The zero-order valence-electron chi connectivity index (χ0n) is 13.2. The molecular weight excluding hydrogens is 246 g/mol. The highest BCUT2D eigenvalue weighted by Gasteiger charge is 2.22. The van der Waals surface area contributed by atoms with Crippen LogP contribution in [0, 0.1) is 0 Å². The van der Waals surface area contributed by atoms with Gasteiger partial charge >= 0.3 is 0 Å². The lowest BCUT2D eigenvalue weighted by molar-refractivity contribution is 0.0447. The highest BCUT2D eigenvalue weighted by atomic mass is 16.3. The Morgan fingerprint density at radius 2 is 1.85 bits per heavy atom. The molecule has 0 aliphatic rings. The predicted octanol–water partition coefficient (Wildman–Crippen LogP) is 4.15. The Morgan fingerprint density at radius 3 is 2.55 bits per heavy atom. The molecule has 0 saturated carbocycles. The zero-order chi connectivity index (χ0) is 14.8. The Labute approximate surface area is 124 Å². The van der Waals surface area contributed by atoms with Crippen LogP contribution in [0.2, 0.25) is 0 Å². The fourth-order valence-electron chi connectivity index (χ4n) is 2.59. The summed E-state index contributed by atoms with van der Waals surface area (Å²) in [5, 5.41) is 10.7. The number of nitrogens with two attached hydrogens (primary N) is 1. The van der Waals surface area contributed by atoms with Crippen LogP contribution in [0.25, 0.3) is 0 Å². The minimum atomic E-state index is -0.703. The van der Waals surface area contributed by atoms with Crippen molar-refractivity contribution in [1.29, 1.82) is 0 Å². The van der Waals surface area contributed by atoms with Crippen LogP contribution < -0.4 is 5.73 Å². The van der Waals surface area contributed by atoms with Gasteiger partial charge in [0.15, 0.2) is 0 Å². The number of unbranched alkanes of at least 4 members (excludes halogenated alkanes) is 4. The van der Waals surface area contributed by atoms with E-state index in [2.05, 4.69) is 19.1 Å². The number of hydrogen-bond acceptors (Lipinski definition) is 2. The van der Waals surface area contributed by atoms with E-state index in [4.69, 9.17) is 5.73 Å². The van der Waals surface area contributed by atoms with Gasteiger partial charge in [0.2, 0.25) is 0 Å². The SMILES string of the molecule is CCCCCCCC(C)(O)c1cccc(CCCN)c1. The van der Waals surface area contributed by atoms with Crippen molar-refractivity contribution in [3.8, 4) is 0 Å². The number of rotatable bonds is 10. The molecule has 0 amide bonds. The highest BCUT2D eigenvalue weighted by Crippen LogP contribution is 2.28. The van der Waals surface area contributed by atoms with Gasteiger partial charge in [-0.1, -0.05) is 63.3 Å². The second-order valence-electron chi connectivity index (χ2n) is 6.03. The minimum absolute atomic E-state index is 0.703. The Balaban J connectivity index is 2.52. The zero-order valence-corrected chi connectivity index (χ0v) is 13.2. The van der Waals surface area contributed by atoms with Gasteiger partial charge < -0.3 is 10.8 Å². The van der Waals surface area contributed by atoms with Gasteiger partial charge in [-0.15, -0.1) is 0 Å². The van der Waals surface area contributed by atoms with E-state index in [0.29, 0.717) is 0 Å². The molecule has 1 atom stereocenters. The summed E-state index contributed by atoms with van der Waals surface area (Å²) in [7, 11) is 0. The van der Waals surface area contributed by atoms with Crippen molar-refractivity contribution in [1.82, 2.24) is 0 Å². The number of benzene rings is 1. The van der Waals surface area contributed by atoms with Crippen LogP contribution in [0.15, 0.2) is 24.3 Å². The molecular formula is C18H31NO. The summed E-state index contributed by atoms with van der Waals surface area (Å²) in [5.41, 5.74) is 7.17. The molecule has 0 bridgehead atoms. The van der Waals surface area contributed by atoms with Crippen molar-refractivity contribution in [2.75, 3.05) is 6.54 Å². The third-order valence-corrected chi connectivity index (χ3v) is 3.99. The second kappa shape index (κ2) is 9.15. The van der Waals surface area contributed by atoms with Crippen LogP contribution in [0.4, 0.5) is 0 Å². The standard InChI is InChI=1S/C18H31NO/c1-3-4-5-6-7-13-18(2,20)17-12-8-10-16(15-17)11-9-14-19/h8,10,12,15,20H,3-7,9,11,13-14,19H2,1-2H3. The van der Waals surface area contributed by atoms with E-state index in [0.717, 1.165) is 37.8 Å². The predicted molar refractivity (Wildman–Crippen MR) is 86.8 cm³/mol. The number of aliphatic hydroxyl groups is 1. The second-order valence-corrected chi connectivity index (χ2v) is 6.03. The molecule has 1 rings (SSSR count). The third kappa shape index (κ3) is 6.06. The molecule has 2 heteroatoms. The van der Waals surface area contributed by atoms with Crippen molar-refractivity contribution < 1.29 is 5.11 Å². The largest absolute Gasteiger partial charge is 0.385 e. The fraction of sp³-hybridized carbons (Fsp3) is 0.667. The summed E-state index contributed by atoms with van der Waals surface area (Å²) < 4.78 is 0. The van der Waals surface area contributed by atoms with E-state index in [9.17, 15) is 5.11 Å². The molecule has 0 aliphatic heterocycles. The summed E-state index contributed by atoms with van der Waals surface area (Å²) in [6, 6.07) is 8.35. The first-order valence-electron chi connectivity index (χ1n) is 8.12. The molecule has 3 N–H and O–H groups in total.